The summed E-state index contributed by atoms with van der Waals surface area (Å²) < 4.78 is 24.4. The normalized spacial score (nSPS) is 12.3. The zero-order chi connectivity index (χ0) is 15.3. The summed E-state index contributed by atoms with van der Waals surface area (Å²) in [4.78, 5) is 3.20. The van der Waals surface area contributed by atoms with E-state index >= 15 is 0 Å². The standard InChI is InChI=1S/C15H23N3O2S/c1-3-18(21(2,19)20)11-5-9-16-12-13-6-4-7-15-14(13)8-10-17-15/h4,6-8,10,16-17H,3,5,9,11-12H2,1-2H3. The van der Waals surface area contributed by atoms with Gasteiger partial charge in [-0.3, -0.25) is 0 Å². The van der Waals surface area contributed by atoms with Crippen molar-refractivity contribution in [1.82, 2.24) is 14.6 Å². The molecule has 5 nitrogen and oxygen atoms in total. The van der Waals surface area contributed by atoms with Crippen molar-refractivity contribution in [2.75, 3.05) is 25.9 Å². The monoisotopic (exact) mass is 309 g/mol. The minimum Gasteiger partial charge on any atom is -0.361 e. The van der Waals surface area contributed by atoms with Crippen LogP contribution in [0.5, 0.6) is 0 Å². The molecule has 0 radical (unpaired) electrons. The van der Waals surface area contributed by atoms with Crippen molar-refractivity contribution in [1.29, 1.82) is 0 Å². The second-order valence-electron chi connectivity index (χ2n) is 5.14. The number of H-pyrrole nitrogens is 1. The molecule has 21 heavy (non-hydrogen) atoms. The molecule has 0 atom stereocenters. The van der Waals surface area contributed by atoms with Crippen LogP contribution in [0.1, 0.15) is 18.9 Å². The van der Waals surface area contributed by atoms with Crippen molar-refractivity contribution in [2.24, 2.45) is 0 Å². The molecule has 0 saturated heterocycles. The first-order valence-electron chi connectivity index (χ1n) is 7.23. The van der Waals surface area contributed by atoms with Gasteiger partial charge in [-0.1, -0.05) is 19.1 Å². The summed E-state index contributed by atoms with van der Waals surface area (Å²) in [5.41, 5.74) is 2.40. The highest BCUT2D eigenvalue weighted by atomic mass is 32.2. The summed E-state index contributed by atoms with van der Waals surface area (Å²) in [5.74, 6) is 0. The molecule has 0 aliphatic carbocycles. The molecule has 0 amide bonds. The van der Waals surface area contributed by atoms with E-state index in [2.05, 4.69) is 28.5 Å². The molecule has 0 unspecified atom stereocenters. The predicted octanol–water partition coefficient (Wildman–Crippen LogP) is 1.93. The summed E-state index contributed by atoms with van der Waals surface area (Å²) >= 11 is 0. The molecule has 2 aromatic rings. The second kappa shape index (κ2) is 7.06. The number of rotatable bonds is 8. The van der Waals surface area contributed by atoms with Gasteiger partial charge in [-0.05, 0) is 30.7 Å². The maximum atomic E-state index is 11.5. The third-order valence-electron chi connectivity index (χ3n) is 3.58. The third-order valence-corrected chi connectivity index (χ3v) is 4.96. The number of benzene rings is 1. The van der Waals surface area contributed by atoms with Crippen molar-refractivity contribution in [3.05, 3.63) is 36.0 Å². The van der Waals surface area contributed by atoms with Gasteiger partial charge in [-0.25, -0.2) is 12.7 Å². The van der Waals surface area contributed by atoms with Gasteiger partial charge in [0.15, 0.2) is 0 Å². The molecule has 1 aromatic heterocycles. The quantitative estimate of drug-likeness (QED) is 0.732. The Balaban J connectivity index is 1.79. The first-order chi connectivity index (χ1) is 10.0. The van der Waals surface area contributed by atoms with Gasteiger partial charge in [0, 0.05) is 36.7 Å². The molecule has 2 rings (SSSR count). The lowest BCUT2D eigenvalue weighted by Gasteiger charge is -2.17. The van der Waals surface area contributed by atoms with Gasteiger partial charge >= 0.3 is 0 Å². The Bertz CT molecular complexity index is 679. The molecule has 1 heterocycles. The lowest BCUT2D eigenvalue weighted by molar-refractivity contribution is 0.419. The minimum atomic E-state index is -3.07. The second-order valence-corrected chi connectivity index (χ2v) is 7.12. The molecule has 0 saturated carbocycles. The number of aromatic nitrogens is 1. The van der Waals surface area contributed by atoms with Gasteiger partial charge in [0.05, 0.1) is 6.26 Å². The fraction of sp³-hybridized carbons (Fsp3) is 0.467. The van der Waals surface area contributed by atoms with Crippen LogP contribution in [0, 0.1) is 0 Å². The molecule has 0 fully saturated rings. The number of hydrogen-bond donors (Lipinski definition) is 2. The fourth-order valence-electron chi connectivity index (χ4n) is 2.47. The maximum Gasteiger partial charge on any atom is 0.211 e. The van der Waals surface area contributed by atoms with Crippen molar-refractivity contribution >= 4 is 20.9 Å². The SMILES string of the molecule is CCN(CCCNCc1cccc2[nH]ccc12)S(C)(=O)=O. The average Bonchev–Trinajstić information content (AvgIpc) is 2.90. The molecule has 1 aromatic carbocycles. The molecule has 0 aliphatic heterocycles. The Kier molecular flexibility index (Phi) is 5.39. The highest BCUT2D eigenvalue weighted by Gasteiger charge is 2.12. The molecule has 2 N–H and O–H groups in total. The number of nitrogens with zero attached hydrogens (tertiary/aromatic N) is 1. The highest BCUT2D eigenvalue weighted by molar-refractivity contribution is 7.88. The van der Waals surface area contributed by atoms with Crippen LogP contribution in [0.25, 0.3) is 10.9 Å². The van der Waals surface area contributed by atoms with Crippen molar-refractivity contribution in [3.63, 3.8) is 0 Å². The van der Waals surface area contributed by atoms with Crippen molar-refractivity contribution in [2.45, 2.75) is 19.9 Å². The van der Waals surface area contributed by atoms with Crippen LogP contribution in [0.15, 0.2) is 30.5 Å². The lowest BCUT2D eigenvalue weighted by Crippen LogP contribution is -2.32. The van der Waals surface area contributed by atoms with E-state index in [1.165, 1.54) is 21.5 Å². The van der Waals surface area contributed by atoms with Gasteiger partial charge in [0.1, 0.15) is 0 Å². The summed E-state index contributed by atoms with van der Waals surface area (Å²) in [7, 11) is -3.07. The molecular formula is C15H23N3O2S. The van der Waals surface area contributed by atoms with E-state index in [0.29, 0.717) is 13.1 Å². The van der Waals surface area contributed by atoms with Gasteiger partial charge in [0.25, 0.3) is 0 Å². The van der Waals surface area contributed by atoms with Gasteiger partial charge in [-0.2, -0.15) is 0 Å². The Morgan fingerprint density at radius 1 is 1.29 bits per heavy atom. The molecule has 0 aliphatic rings. The first-order valence-corrected chi connectivity index (χ1v) is 9.08. The first kappa shape index (κ1) is 16.0. The van der Waals surface area contributed by atoms with E-state index in [9.17, 15) is 8.42 Å². The van der Waals surface area contributed by atoms with Crippen LogP contribution in [0.2, 0.25) is 0 Å². The zero-order valence-electron chi connectivity index (χ0n) is 12.6. The van der Waals surface area contributed by atoms with E-state index in [-0.39, 0.29) is 0 Å². The van der Waals surface area contributed by atoms with Crippen LogP contribution in [0.3, 0.4) is 0 Å². The smallest absolute Gasteiger partial charge is 0.211 e. The van der Waals surface area contributed by atoms with Gasteiger partial charge in [0.2, 0.25) is 10.0 Å². The van der Waals surface area contributed by atoms with E-state index in [4.69, 9.17) is 0 Å². The summed E-state index contributed by atoms with van der Waals surface area (Å²) in [6, 6.07) is 8.29. The number of sulfonamides is 1. The Morgan fingerprint density at radius 2 is 2.10 bits per heavy atom. The van der Waals surface area contributed by atoms with Crippen LogP contribution in [0.4, 0.5) is 0 Å². The molecule has 116 valence electrons. The molecule has 0 spiro atoms. The largest absolute Gasteiger partial charge is 0.361 e. The lowest BCUT2D eigenvalue weighted by atomic mass is 10.1. The highest BCUT2D eigenvalue weighted by Crippen LogP contribution is 2.16. The maximum absolute atomic E-state index is 11.5. The van der Waals surface area contributed by atoms with Crippen molar-refractivity contribution < 1.29 is 8.42 Å². The van der Waals surface area contributed by atoms with E-state index in [1.54, 1.807) is 0 Å². The number of aromatic amines is 1. The number of nitrogens with one attached hydrogen (secondary N) is 2. The third kappa shape index (κ3) is 4.30. The Labute approximate surface area is 126 Å². The number of hydrogen-bond acceptors (Lipinski definition) is 3. The van der Waals surface area contributed by atoms with Gasteiger partial charge < -0.3 is 10.3 Å². The fourth-order valence-corrected chi connectivity index (χ4v) is 3.40. The van der Waals surface area contributed by atoms with E-state index in [1.807, 2.05) is 19.2 Å². The Morgan fingerprint density at radius 3 is 2.81 bits per heavy atom. The summed E-state index contributed by atoms with van der Waals surface area (Å²) in [6.45, 7) is 4.55. The van der Waals surface area contributed by atoms with Crippen LogP contribution >= 0.6 is 0 Å². The average molecular weight is 309 g/mol. The number of fused-ring (bicyclic) bond motifs is 1. The topological polar surface area (TPSA) is 65.2 Å². The van der Waals surface area contributed by atoms with E-state index < -0.39 is 10.0 Å². The van der Waals surface area contributed by atoms with Crippen LogP contribution in [-0.2, 0) is 16.6 Å². The Hall–Kier alpha value is -1.37. The predicted molar refractivity (Wildman–Crippen MR) is 86.7 cm³/mol. The van der Waals surface area contributed by atoms with E-state index in [0.717, 1.165) is 25.0 Å². The zero-order valence-corrected chi connectivity index (χ0v) is 13.4. The van der Waals surface area contributed by atoms with Gasteiger partial charge in [-0.15, -0.1) is 0 Å². The summed E-state index contributed by atoms with van der Waals surface area (Å²) in [6.07, 6.45) is 4.01. The molecule has 6 heteroatoms. The molecular weight excluding hydrogens is 286 g/mol. The van der Waals surface area contributed by atoms with Crippen LogP contribution < -0.4 is 5.32 Å². The summed E-state index contributed by atoms with van der Waals surface area (Å²) in [5, 5.41) is 4.61. The van der Waals surface area contributed by atoms with Crippen LogP contribution in [-0.4, -0.2) is 43.6 Å². The van der Waals surface area contributed by atoms with Crippen molar-refractivity contribution in [3.8, 4) is 0 Å². The minimum absolute atomic E-state index is 0.529. The molecule has 0 bridgehead atoms.